The zero-order valence-electron chi connectivity index (χ0n) is 7.98. The van der Waals surface area contributed by atoms with Gasteiger partial charge in [-0.05, 0) is 18.2 Å². The molecule has 0 N–H and O–H groups in total. The van der Waals surface area contributed by atoms with Crippen LogP contribution >= 0.6 is 0 Å². The first kappa shape index (κ1) is 10.1. The minimum atomic E-state index is -2.24. The molecule has 0 saturated carbocycles. The van der Waals surface area contributed by atoms with Crippen LogP contribution in [0.2, 0.25) is 0 Å². The molecule has 0 aliphatic heterocycles. The van der Waals surface area contributed by atoms with Crippen molar-refractivity contribution < 1.29 is 8.95 Å². The SMILES string of the molecule is CN=[S@](C)(=O)c1cccc(OC)c1. The van der Waals surface area contributed by atoms with Crippen molar-refractivity contribution in [2.45, 2.75) is 4.90 Å². The van der Waals surface area contributed by atoms with Crippen LogP contribution in [-0.4, -0.2) is 24.6 Å². The highest BCUT2D eigenvalue weighted by Crippen LogP contribution is 2.17. The van der Waals surface area contributed by atoms with Crippen LogP contribution in [0.1, 0.15) is 0 Å². The number of rotatable bonds is 2. The van der Waals surface area contributed by atoms with E-state index < -0.39 is 9.73 Å². The van der Waals surface area contributed by atoms with Crippen molar-refractivity contribution in [1.29, 1.82) is 0 Å². The van der Waals surface area contributed by atoms with Crippen LogP contribution in [0.4, 0.5) is 0 Å². The van der Waals surface area contributed by atoms with Crippen LogP contribution in [0.15, 0.2) is 33.5 Å². The fraction of sp³-hybridized carbons (Fsp3) is 0.333. The molecule has 0 aromatic heterocycles. The fourth-order valence-electron chi connectivity index (χ4n) is 0.942. The van der Waals surface area contributed by atoms with Crippen LogP contribution in [0.25, 0.3) is 0 Å². The van der Waals surface area contributed by atoms with Gasteiger partial charge in [0.25, 0.3) is 0 Å². The molecule has 0 radical (unpaired) electrons. The summed E-state index contributed by atoms with van der Waals surface area (Å²) < 4.78 is 20.7. The van der Waals surface area contributed by atoms with Gasteiger partial charge in [0, 0.05) is 13.3 Å². The average Bonchev–Trinajstić information content (AvgIpc) is 2.18. The molecule has 0 fully saturated rings. The third kappa shape index (κ3) is 2.21. The van der Waals surface area contributed by atoms with Crippen molar-refractivity contribution in [3.8, 4) is 5.75 Å². The van der Waals surface area contributed by atoms with Gasteiger partial charge in [-0.1, -0.05) is 6.07 Å². The van der Waals surface area contributed by atoms with E-state index in [0.717, 1.165) is 0 Å². The van der Waals surface area contributed by atoms with Crippen LogP contribution < -0.4 is 4.74 Å². The highest BCUT2D eigenvalue weighted by Gasteiger charge is 2.04. The van der Waals surface area contributed by atoms with Gasteiger partial charge in [-0.3, -0.25) is 0 Å². The van der Waals surface area contributed by atoms with Gasteiger partial charge in [-0.15, -0.1) is 0 Å². The number of methoxy groups -OCH3 is 1. The Hall–Kier alpha value is -1.03. The Morgan fingerprint density at radius 1 is 1.46 bits per heavy atom. The van der Waals surface area contributed by atoms with E-state index in [-0.39, 0.29) is 0 Å². The number of benzene rings is 1. The van der Waals surface area contributed by atoms with E-state index in [9.17, 15) is 4.21 Å². The lowest BCUT2D eigenvalue weighted by Gasteiger charge is -2.04. The predicted octanol–water partition coefficient (Wildman–Crippen LogP) is 1.78. The van der Waals surface area contributed by atoms with Crippen molar-refractivity contribution in [3.05, 3.63) is 24.3 Å². The normalized spacial score (nSPS) is 14.7. The zero-order chi connectivity index (χ0) is 9.90. The number of hydrogen-bond donors (Lipinski definition) is 0. The molecule has 1 atom stereocenters. The summed E-state index contributed by atoms with van der Waals surface area (Å²) >= 11 is 0. The Kier molecular flexibility index (Phi) is 2.93. The molecule has 0 amide bonds. The summed E-state index contributed by atoms with van der Waals surface area (Å²) in [6, 6.07) is 7.16. The Bertz CT molecular complexity index is 406. The second kappa shape index (κ2) is 3.79. The first-order valence-electron chi connectivity index (χ1n) is 3.84. The van der Waals surface area contributed by atoms with E-state index in [1.165, 1.54) is 0 Å². The quantitative estimate of drug-likeness (QED) is 0.728. The molecule has 4 heteroatoms. The standard InChI is InChI=1S/C9H13NO2S/c1-10-13(3,11)9-6-4-5-8(7-9)12-2/h4-7H,1-3H3/t13-/m1/s1. The first-order chi connectivity index (χ1) is 6.10. The maximum Gasteiger partial charge on any atom is 0.120 e. The molecule has 13 heavy (non-hydrogen) atoms. The minimum Gasteiger partial charge on any atom is -0.497 e. The minimum absolute atomic E-state index is 0.703. The van der Waals surface area contributed by atoms with Crippen LogP contribution in [0, 0.1) is 0 Å². The third-order valence-electron chi connectivity index (χ3n) is 1.83. The Morgan fingerprint density at radius 2 is 2.15 bits per heavy atom. The van der Waals surface area contributed by atoms with Gasteiger partial charge < -0.3 is 4.74 Å². The summed E-state index contributed by atoms with van der Waals surface area (Å²) in [5.74, 6) is 0.704. The molecule has 1 rings (SSSR count). The fourth-order valence-corrected chi connectivity index (χ4v) is 1.82. The lowest BCUT2D eigenvalue weighted by Crippen LogP contribution is -1.97. The summed E-state index contributed by atoms with van der Waals surface area (Å²) in [6.45, 7) is 0. The van der Waals surface area contributed by atoms with Gasteiger partial charge in [0.15, 0.2) is 0 Å². The van der Waals surface area contributed by atoms with E-state index in [4.69, 9.17) is 4.74 Å². The number of nitrogens with zero attached hydrogens (tertiary/aromatic N) is 1. The highest BCUT2D eigenvalue weighted by atomic mass is 32.2. The number of hydrogen-bond acceptors (Lipinski definition) is 3. The van der Waals surface area contributed by atoms with Crippen LogP contribution in [0.3, 0.4) is 0 Å². The summed E-state index contributed by atoms with van der Waals surface area (Å²) in [5.41, 5.74) is 0. The molecule has 72 valence electrons. The smallest absolute Gasteiger partial charge is 0.120 e. The summed E-state index contributed by atoms with van der Waals surface area (Å²) in [5, 5.41) is 0. The largest absolute Gasteiger partial charge is 0.497 e. The van der Waals surface area contributed by atoms with Crippen molar-refractivity contribution >= 4 is 9.73 Å². The predicted molar refractivity (Wildman–Crippen MR) is 53.7 cm³/mol. The number of ether oxygens (including phenoxy) is 1. The van der Waals surface area contributed by atoms with Gasteiger partial charge in [0.2, 0.25) is 0 Å². The maximum atomic E-state index is 11.8. The lowest BCUT2D eigenvalue weighted by atomic mass is 10.3. The first-order valence-corrected chi connectivity index (χ1v) is 5.77. The molecule has 1 aromatic carbocycles. The molecule has 1 aromatic rings. The highest BCUT2D eigenvalue weighted by molar-refractivity contribution is 7.93. The average molecular weight is 199 g/mol. The van der Waals surface area contributed by atoms with Crippen molar-refractivity contribution in [2.24, 2.45) is 4.36 Å². The molecule has 0 spiro atoms. The van der Waals surface area contributed by atoms with Gasteiger partial charge in [-0.25, -0.2) is 8.57 Å². The summed E-state index contributed by atoms with van der Waals surface area (Å²) in [7, 11) is 0.905. The molecule has 0 unspecified atom stereocenters. The van der Waals surface area contributed by atoms with E-state index in [1.54, 1.807) is 32.5 Å². The Balaban J connectivity index is 3.25. The topological polar surface area (TPSA) is 38.7 Å². The van der Waals surface area contributed by atoms with E-state index >= 15 is 0 Å². The zero-order valence-corrected chi connectivity index (χ0v) is 8.80. The van der Waals surface area contributed by atoms with Crippen molar-refractivity contribution in [3.63, 3.8) is 0 Å². The Morgan fingerprint density at radius 3 is 2.69 bits per heavy atom. The molecule has 0 aliphatic rings. The van der Waals surface area contributed by atoms with Crippen LogP contribution in [-0.2, 0) is 9.73 Å². The van der Waals surface area contributed by atoms with Gasteiger partial charge in [0.05, 0.1) is 21.7 Å². The molecule has 3 nitrogen and oxygen atoms in total. The molecular weight excluding hydrogens is 186 g/mol. The van der Waals surface area contributed by atoms with E-state index in [2.05, 4.69) is 4.36 Å². The van der Waals surface area contributed by atoms with Crippen molar-refractivity contribution in [2.75, 3.05) is 20.4 Å². The summed E-state index contributed by atoms with van der Waals surface area (Å²) in [4.78, 5) is 0.703. The van der Waals surface area contributed by atoms with Crippen LogP contribution in [0.5, 0.6) is 5.75 Å². The van der Waals surface area contributed by atoms with Gasteiger partial charge >= 0.3 is 0 Å². The van der Waals surface area contributed by atoms with E-state index in [1.807, 2.05) is 12.1 Å². The molecule has 0 saturated heterocycles. The molecule has 0 heterocycles. The maximum absolute atomic E-state index is 11.8. The van der Waals surface area contributed by atoms with E-state index in [0.29, 0.717) is 10.6 Å². The van der Waals surface area contributed by atoms with Gasteiger partial charge in [-0.2, -0.15) is 0 Å². The second-order valence-corrected chi connectivity index (χ2v) is 5.11. The summed E-state index contributed by atoms with van der Waals surface area (Å²) in [6.07, 6.45) is 1.61. The van der Waals surface area contributed by atoms with Gasteiger partial charge in [0.1, 0.15) is 5.75 Å². The molecular formula is C9H13NO2S. The monoisotopic (exact) mass is 199 g/mol. The third-order valence-corrected chi connectivity index (χ3v) is 3.65. The Labute approximate surface area is 78.9 Å². The molecule has 0 bridgehead atoms. The lowest BCUT2D eigenvalue weighted by molar-refractivity contribution is 0.413. The van der Waals surface area contributed by atoms with Crippen molar-refractivity contribution in [1.82, 2.24) is 0 Å². The second-order valence-electron chi connectivity index (χ2n) is 2.66. The molecule has 0 aliphatic carbocycles.